The van der Waals surface area contributed by atoms with Crippen LogP contribution in [-0.2, 0) is 16.1 Å². The van der Waals surface area contributed by atoms with Crippen LogP contribution in [0, 0.1) is 11.6 Å². The zero-order valence-electron chi connectivity index (χ0n) is 10.9. The van der Waals surface area contributed by atoms with Crippen LogP contribution >= 0.6 is 0 Å². The highest BCUT2D eigenvalue weighted by Crippen LogP contribution is 2.12. The quantitative estimate of drug-likeness (QED) is 0.562. The van der Waals surface area contributed by atoms with Gasteiger partial charge >= 0.3 is 5.97 Å². The van der Waals surface area contributed by atoms with Gasteiger partial charge < -0.3 is 4.74 Å². The molecule has 0 aromatic heterocycles. The Morgan fingerprint density at radius 3 is 2.79 bits per heavy atom. The Labute approximate surface area is 111 Å². The van der Waals surface area contributed by atoms with E-state index in [9.17, 15) is 13.6 Å². The second kappa shape index (κ2) is 7.63. The van der Waals surface area contributed by atoms with Crippen molar-refractivity contribution in [2.24, 2.45) is 0 Å². The van der Waals surface area contributed by atoms with Crippen LogP contribution in [0.15, 0.2) is 30.9 Å². The van der Waals surface area contributed by atoms with Gasteiger partial charge in [-0.05, 0) is 13.0 Å². The van der Waals surface area contributed by atoms with Gasteiger partial charge in [0.2, 0.25) is 0 Å². The Balaban J connectivity index is 2.71. The summed E-state index contributed by atoms with van der Waals surface area (Å²) in [6.07, 6.45) is 1.61. The summed E-state index contributed by atoms with van der Waals surface area (Å²) < 4.78 is 31.2. The minimum Gasteiger partial charge on any atom is -0.465 e. The van der Waals surface area contributed by atoms with E-state index in [2.05, 4.69) is 6.58 Å². The van der Waals surface area contributed by atoms with Crippen LogP contribution in [0.2, 0.25) is 0 Å². The van der Waals surface area contributed by atoms with Gasteiger partial charge in [-0.2, -0.15) is 0 Å². The highest BCUT2D eigenvalue weighted by molar-refractivity contribution is 5.71. The Hall–Kier alpha value is -1.75. The molecule has 104 valence electrons. The number of halogens is 2. The molecule has 0 fully saturated rings. The molecule has 19 heavy (non-hydrogen) atoms. The molecule has 0 saturated carbocycles. The average molecular weight is 269 g/mol. The van der Waals surface area contributed by atoms with Crippen LogP contribution in [-0.4, -0.2) is 30.6 Å². The van der Waals surface area contributed by atoms with Gasteiger partial charge in [0.1, 0.15) is 11.6 Å². The number of carbonyl (C=O) groups is 1. The molecule has 0 aliphatic rings. The van der Waals surface area contributed by atoms with Gasteiger partial charge in [0.05, 0.1) is 13.2 Å². The van der Waals surface area contributed by atoms with E-state index < -0.39 is 11.6 Å². The van der Waals surface area contributed by atoms with Crippen molar-refractivity contribution in [2.75, 3.05) is 19.7 Å². The summed E-state index contributed by atoms with van der Waals surface area (Å²) in [6.45, 7) is 6.24. The molecule has 3 nitrogen and oxygen atoms in total. The topological polar surface area (TPSA) is 29.5 Å². The molecule has 1 rings (SSSR count). The zero-order chi connectivity index (χ0) is 14.3. The van der Waals surface area contributed by atoms with E-state index in [0.29, 0.717) is 18.7 Å². The fourth-order valence-electron chi connectivity index (χ4n) is 1.65. The van der Waals surface area contributed by atoms with Crippen LogP contribution < -0.4 is 0 Å². The molecule has 0 saturated heterocycles. The highest BCUT2D eigenvalue weighted by atomic mass is 19.1. The lowest BCUT2D eigenvalue weighted by atomic mass is 10.2. The van der Waals surface area contributed by atoms with E-state index in [4.69, 9.17) is 4.74 Å². The van der Waals surface area contributed by atoms with Crippen molar-refractivity contribution in [2.45, 2.75) is 13.5 Å². The highest BCUT2D eigenvalue weighted by Gasteiger charge is 2.13. The molecule has 0 radical (unpaired) electrons. The third-order valence-corrected chi connectivity index (χ3v) is 2.45. The second-order valence-corrected chi connectivity index (χ2v) is 4.00. The van der Waals surface area contributed by atoms with E-state index in [0.717, 1.165) is 6.07 Å². The third-order valence-electron chi connectivity index (χ3n) is 2.45. The maximum absolute atomic E-state index is 13.5. The molecule has 0 unspecified atom stereocenters. The van der Waals surface area contributed by atoms with E-state index in [-0.39, 0.29) is 19.1 Å². The fourth-order valence-corrected chi connectivity index (χ4v) is 1.65. The van der Waals surface area contributed by atoms with Crippen LogP contribution in [0.5, 0.6) is 0 Å². The molecule has 1 aromatic carbocycles. The molecule has 0 N–H and O–H groups in total. The molecule has 0 spiro atoms. The number of carbonyl (C=O) groups excluding carboxylic acids is 1. The van der Waals surface area contributed by atoms with Crippen molar-refractivity contribution >= 4 is 5.97 Å². The lowest BCUT2D eigenvalue weighted by molar-refractivity contribution is -0.144. The smallest absolute Gasteiger partial charge is 0.320 e. The van der Waals surface area contributed by atoms with Gasteiger partial charge in [0, 0.05) is 24.7 Å². The van der Waals surface area contributed by atoms with Gasteiger partial charge in [-0.15, -0.1) is 6.58 Å². The van der Waals surface area contributed by atoms with Gasteiger partial charge in [-0.3, -0.25) is 9.69 Å². The van der Waals surface area contributed by atoms with Crippen molar-refractivity contribution in [3.8, 4) is 0 Å². The molecule has 0 aliphatic carbocycles. The fraction of sp³-hybridized carbons (Fsp3) is 0.357. The lowest BCUT2D eigenvalue weighted by Crippen LogP contribution is -2.31. The van der Waals surface area contributed by atoms with Crippen LogP contribution in [0.1, 0.15) is 12.5 Å². The molecule has 0 aliphatic heterocycles. The first-order valence-corrected chi connectivity index (χ1v) is 5.99. The summed E-state index contributed by atoms with van der Waals surface area (Å²) in [5.74, 6) is -1.63. The molecule has 5 heteroatoms. The van der Waals surface area contributed by atoms with Crippen molar-refractivity contribution in [1.29, 1.82) is 0 Å². The van der Waals surface area contributed by atoms with Crippen molar-refractivity contribution in [1.82, 2.24) is 4.90 Å². The Morgan fingerprint density at radius 1 is 1.47 bits per heavy atom. The number of hydrogen-bond donors (Lipinski definition) is 0. The SMILES string of the molecule is C=CCN(CC(=O)OCC)Cc1ccc(F)cc1F. The van der Waals surface area contributed by atoms with Crippen molar-refractivity contribution < 1.29 is 18.3 Å². The van der Waals surface area contributed by atoms with Crippen LogP contribution in [0.3, 0.4) is 0 Å². The summed E-state index contributed by atoms with van der Waals surface area (Å²) >= 11 is 0. The normalized spacial score (nSPS) is 10.5. The number of hydrogen-bond acceptors (Lipinski definition) is 3. The van der Waals surface area contributed by atoms with E-state index in [1.54, 1.807) is 17.9 Å². The Kier molecular flexibility index (Phi) is 6.15. The molecular weight excluding hydrogens is 252 g/mol. The third kappa shape index (κ3) is 5.18. The number of ether oxygens (including phenoxy) is 1. The minimum absolute atomic E-state index is 0.0384. The molecule has 0 amide bonds. The monoisotopic (exact) mass is 269 g/mol. The first-order valence-electron chi connectivity index (χ1n) is 5.99. The first-order chi connectivity index (χ1) is 9.06. The number of benzene rings is 1. The Morgan fingerprint density at radius 2 is 2.21 bits per heavy atom. The maximum atomic E-state index is 13.5. The zero-order valence-corrected chi connectivity index (χ0v) is 10.9. The van der Waals surface area contributed by atoms with Crippen LogP contribution in [0.4, 0.5) is 8.78 Å². The minimum atomic E-state index is -0.627. The van der Waals surface area contributed by atoms with Gasteiger partial charge in [0.25, 0.3) is 0 Å². The Bertz CT molecular complexity index is 449. The molecule has 1 aromatic rings. The largest absolute Gasteiger partial charge is 0.465 e. The predicted octanol–water partition coefficient (Wildman–Crippen LogP) is 2.52. The lowest BCUT2D eigenvalue weighted by Gasteiger charge is -2.19. The van der Waals surface area contributed by atoms with E-state index in [1.165, 1.54) is 12.1 Å². The van der Waals surface area contributed by atoms with Crippen molar-refractivity contribution in [3.63, 3.8) is 0 Å². The second-order valence-electron chi connectivity index (χ2n) is 4.00. The molecule has 0 bridgehead atoms. The predicted molar refractivity (Wildman–Crippen MR) is 68.5 cm³/mol. The molecular formula is C14H17F2NO2. The first kappa shape index (κ1) is 15.3. The van der Waals surface area contributed by atoms with Crippen LogP contribution in [0.25, 0.3) is 0 Å². The number of esters is 1. The van der Waals surface area contributed by atoms with Gasteiger partial charge in [-0.25, -0.2) is 8.78 Å². The van der Waals surface area contributed by atoms with Gasteiger partial charge in [0.15, 0.2) is 0 Å². The van der Waals surface area contributed by atoms with Gasteiger partial charge in [-0.1, -0.05) is 12.1 Å². The summed E-state index contributed by atoms with van der Waals surface area (Å²) in [5, 5.41) is 0. The maximum Gasteiger partial charge on any atom is 0.320 e. The number of rotatable bonds is 7. The van der Waals surface area contributed by atoms with E-state index in [1.807, 2.05) is 0 Å². The summed E-state index contributed by atoms with van der Waals surface area (Å²) in [7, 11) is 0. The molecule has 0 heterocycles. The molecule has 0 atom stereocenters. The average Bonchev–Trinajstić information content (AvgIpc) is 2.33. The van der Waals surface area contributed by atoms with E-state index >= 15 is 0 Å². The van der Waals surface area contributed by atoms with Crippen molar-refractivity contribution in [3.05, 3.63) is 48.1 Å². The standard InChI is InChI=1S/C14H17F2NO2/c1-3-7-17(10-14(18)19-4-2)9-11-5-6-12(15)8-13(11)16/h3,5-6,8H,1,4,7,9-10H2,2H3. The summed E-state index contributed by atoms with van der Waals surface area (Å²) in [5.41, 5.74) is 0.326. The number of nitrogens with zero attached hydrogens (tertiary/aromatic N) is 1. The summed E-state index contributed by atoms with van der Waals surface area (Å²) in [6, 6.07) is 3.38. The summed E-state index contributed by atoms with van der Waals surface area (Å²) in [4.78, 5) is 13.1.